The largest absolute Gasteiger partial charge is 0.326 e. The van der Waals surface area contributed by atoms with Gasteiger partial charge in [0.2, 0.25) is 0 Å². The Hall–Kier alpha value is -1.68. The van der Waals surface area contributed by atoms with Gasteiger partial charge in [-0.15, -0.1) is 0 Å². The first-order chi connectivity index (χ1) is 8.79. The molecule has 2 N–H and O–H groups in total. The molecule has 2 aromatic rings. The Kier molecular flexibility index (Phi) is 2.88. The number of aryl methyl sites for hydroxylation is 1. The van der Waals surface area contributed by atoms with E-state index in [4.69, 9.17) is 5.73 Å². The van der Waals surface area contributed by atoms with Crippen LogP contribution in [0.4, 0.5) is 4.39 Å². The number of aromatic nitrogens is 2. The standard InChI is InChI=1S/C14H16FN3/c15-11-5-6-13(10(7-11)8-16)18-9-17-12-3-1-2-4-14(12)18/h5-7,9H,1-4,8,16H2. The molecule has 3 nitrogen and oxygen atoms in total. The zero-order chi connectivity index (χ0) is 12.5. The van der Waals surface area contributed by atoms with E-state index in [1.807, 2.05) is 6.33 Å². The van der Waals surface area contributed by atoms with Crippen LogP contribution in [0.3, 0.4) is 0 Å². The van der Waals surface area contributed by atoms with Crippen LogP contribution in [0, 0.1) is 5.82 Å². The second kappa shape index (κ2) is 4.53. The maximum atomic E-state index is 13.2. The van der Waals surface area contributed by atoms with E-state index in [2.05, 4.69) is 9.55 Å². The first kappa shape index (κ1) is 11.4. The number of benzene rings is 1. The Morgan fingerprint density at radius 3 is 2.94 bits per heavy atom. The van der Waals surface area contributed by atoms with Gasteiger partial charge >= 0.3 is 0 Å². The molecule has 0 aliphatic heterocycles. The quantitative estimate of drug-likeness (QED) is 0.882. The predicted octanol–water partition coefficient (Wildman–Crippen LogP) is 2.35. The minimum atomic E-state index is -0.242. The third kappa shape index (κ3) is 1.82. The number of fused-ring (bicyclic) bond motifs is 1. The lowest BCUT2D eigenvalue weighted by Gasteiger charge is -2.16. The van der Waals surface area contributed by atoms with Gasteiger partial charge in [0, 0.05) is 12.2 Å². The van der Waals surface area contributed by atoms with Gasteiger partial charge in [0.15, 0.2) is 0 Å². The van der Waals surface area contributed by atoms with Crippen molar-refractivity contribution in [3.63, 3.8) is 0 Å². The molecule has 0 unspecified atom stereocenters. The molecule has 0 radical (unpaired) electrons. The summed E-state index contributed by atoms with van der Waals surface area (Å²) in [4.78, 5) is 4.46. The van der Waals surface area contributed by atoms with Gasteiger partial charge in [0.05, 0.1) is 17.7 Å². The summed E-state index contributed by atoms with van der Waals surface area (Å²) in [6, 6.07) is 4.77. The molecule has 1 aromatic carbocycles. The first-order valence-electron chi connectivity index (χ1n) is 6.33. The van der Waals surface area contributed by atoms with Crippen LogP contribution in [0.1, 0.15) is 29.8 Å². The molecule has 1 aliphatic carbocycles. The summed E-state index contributed by atoms with van der Waals surface area (Å²) < 4.78 is 15.3. The van der Waals surface area contributed by atoms with Crippen LogP contribution in [0.2, 0.25) is 0 Å². The minimum absolute atomic E-state index is 0.242. The van der Waals surface area contributed by atoms with Crippen molar-refractivity contribution in [1.29, 1.82) is 0 Å². The summed E-state index contributed by atoms with van der Waals surface area (Å²) in [5.41, 5.74) is 9.90. The highest BCUT2D eigenvalue weighted by Crippen LogP contribution is 2.25. The van der Waals surface area contributed by atoms with Crippen molar-refractivity contribution < 1.29 is 4.39 Å². The number of nitrogens with zero attached hydrogens (tertiary/aromatic N) is 2. The van der Waals surface area contributed by atoms with E-state index >= 15 is 0 Å². The molecule has 1 aromatic heterocycles. The van der Waals surface area contributed by atoms with Crippen LogP contribution >= 0.6 is 0 Å². The molecular formula is C14H16FN3. The molecule has 0 saturated carbocycles. The maximum absolute atomic E-state index is 13.2. The second-order valence-electron chi connectivity index (χ2n) is 4.69. The molecule has 4 heteroatoms. The molecule has 94 valence electrons. The average Bonchev–Trinajstić information content (AvgIpc) is 2.82. The summed E-state index contributed by atoms with van der Waals surface area (Å²) in [6.07, 6.45) is 6.32. The molecule has 1 heterocycles. The molecule has 0 atom stereocenters. The lowest BCUT2D eigenvalue weighted by molar-refractivity contribution is 0.623. The molecule has 1 aliphatic rings. The fourth-order valence-corrected chi connectivity index (χ4v) is 2.63. The monoisotopic (exact) mass is 245 g/mol. The summed E-state index contributed by atoms with van der Waals surface area (Å²) in [6.45, 7) is 0.333. The Balaban J connectivity index is 2.12. The normalized spacial score (nSPS) is 14.6. The van der Waals surface area contributed by atoms with Gasteiger partial charge in [-0.1, -0.05) is 0 Å². The molecule has 0 bridgehead atoms. The summed E-state index contributed by atoms with van der Waals surface area (Å²) in [5.74, 6) is -0.242. The molecular weight excluding hydrogens is 229 g/mol. The van der Waals surface area contributed by atoms with Crippen molar-refractivity contribution in [1.82, 2.24) is 9.55 Å². The Labute approximate surface area is 105 Å². The van der Waals surface area contributed by atoms with E-state index in [0.29, 0.717) is 6.54 Å². The van der Waals surface area contributed by atoms with Crippen LogP contribution in [0.15, 0.2) is 24.5 Å². The lowest BCUT2D eigenvalue weighted by Crippen LogP contribution is -2.10. The van der Waals surface area contributed by atoms with Crippen molar-refractivity contribution >= 4 is 0 Å². The number of imidazole rings is 1. The van der Waals surface area contributed by atoms with Crippen LogP contribution in [0.25, 0.3) is 5.69 Å². The van der Waals surface area contributed by atoms with Crippen LogP contribution in [-0.4, -0.2) is 9.55 Å². The van der Waals surface area contributed by atoms with Crippen LogP contribution < -0.4 is 5.73 Å². The van der Waals surface area contributed by atoms with E-state index in [0.717, 1.165) is 24.1 Å². The zero-order valence-electron chi connectivity index (χ0n) is 10.2. The second-order valence-corrected chi connectivity index (χ2v) is 4.69. The Morgan fingerprint density at radius 2 is 2.11 bits per heavy atom. The number of hydrogen-bond acceptors (Lipinski definition) is 2. The molecule has 0 saturated heterocycles. The van der Waals surface area contributed by atoms with Gasteiger partial charge in [-0.05, 0) is 49.4 Å². The fourth-order valence-electron chi connectivity index (χ4n) is 2.63. The van der Waals surface area contributed by atoms with E-state index < -0.39 is 0 Å². The van der Waals surface area contributed by atoms with Gasteiger partial charge in [-0.25, -0.2) is 9.37 Å². The van der Waals surface area contributed by atoms with Crippen molar-refractivity contribution in [2.24, 2.45) is 5.73 Å². The lowest BCUT2D eigenvalue weighted by atomic mass is 10.0. The number of nitrogens with two attached hydrogens (primary N) is 1. The van der Waals surface area contributed by atoms with Gasteiger partial charge in [-0.3, -0.25) is 0 Å². The molecule has 0 fully saturated rings. The first-order valence-corrected chi connectivity index (χ1v) is 6.33. The molecule has 0 amide bonds. The highest BCUT2D eigenvalue weighted by molar-refractivity contribution is 5.44. The van der Waals surface area contributed by atoms with E-state index in [1.165, 1.54) is 36.4 Å². The van der Waals surface area contributed by atoms with Crippen LogP contribution in [-0.2, 0) is 19.4 Å². The number of halogens is 1. The van der Waals surface area contributed by atoms with Crippen molar-refractivity contribution in [2.45, 2.75) is 32.2 Å². The van der Waals surface area contributed by atoms with E-state index in [-0.39, 0.29) is 5.82 Å². The van der Waals surface area contributed by atoms with Crippen molar-refractivity contribution in [3.8, 4) is 5.69 Å². The Bertz CT molecular complexity index is 574. The molecule has 3 rings (SSSR count). The average molecular weight is 245 g/mol. The highest BCUT2D eigenvalue weighted by Gasteiger charge is 2.17. The smallest absolute Gasteiger partial charge is 0.123 e. The van der Waals surface area contributed by atoms with E-state index in [1.54, 1.807) is 6.07 Å². The summed E-state index contributed by atoms with van der Waals surface area (Å²) >= 11 is 0. The van der Waals surface area contributed by atoms with Gasteiger partial charge in [-0.2, -0.15) is 0 Å². The van der Waals surface area contributed by atoms with Crippen molar-refractivity contribution in [2.75, 3.05) is 0 Å². The molecule has 18 heavy (non-hydrogen) atoms. The fraction of sp³-hybridized carbons (Fsp3) is 0.357. The number of hydrogen-bond donors (Lipinski definition) is 1. The third-order valence-corrected chi connectivity index (χ3v) is 3.55. The van der Waals surface area contributed by atoms with Gasteiger partial charge < -0.3 is 10.3 Å². The summed E-state index contributed by atoms with van der Waals surface area (Å²) in [7, 11) is 0. The van der Waals surface area contributed by atoms with E-state index in [9.17, 15) is 4.39 Å². The van der Waals surface area contributed by atoms with Gasteiger partial charge in [0.1, 0.15) is 5.82 Å². The minimum Gasteiger partial charge on any atom is -0.326 e. The topological polar surface area (TPSA) is 43.8 Å². The zero-order valence-corrected chi connectivity index (χ0v) is 10.2. The summed E-state index contributed by atoms with van der Waals surface area (Å²) in [5, 5.41) is 0. The van der Waals surface area contributed by atoms with Crippen molar-refractivity contribution in [3.05, 3.63) is 47.3 Å². The Morgan fingerprint density at radius 1 is 1.28 bits per heavy atom. The third-order valence-electron chi connectivity index (χ3n) is 3.55. The SMILES string of the molecule is NCc1cc(F)ccc1-n1cnc2c1CCCC2. The molecule has 0 spiro atoms. The van der Waals surface area contributed by atoms with Crippen LogP contribution in [0.5, 0.6) is 0 Å². The highest BCUT2D eigenvalue weighted by atomic mass is 19.1. The predicted molar refractivity (Wildman–Crippen MR) is 68.1 cm³/mol. The van der Waals surface area contributed by atoms with Gasteiger partial charge in [0.25, 0.3) is 0 Å². The number of rotatable bonds is 2. The maximum Gasteiger partial charge on any atom is 0.123 e.